The molecule has 0 saturated carbocycles. The van der Waals surface area contributed by atoms with Gasteiger partial charge in [-0.1, -0.05) is 0 Å². The van der Waals surface area contributed by atoms with Crippen molar-refractivity contribution >= 4 is 5.91 Å². The fourth-order valence-electron chi connectivity index (χ4n) is 2.22. The molecule has 4 nitrogen and oxygen atoms in total. The van der Waals surface area contributed by atoms with E-state index in [1.165, 1.54) is 0 Å². The molecule has 0 N–H and O–H groups in total. The Kier molecular flexibility index (Phi) is 3.96. The number of nitrogens with zero attached hydrogens (tertiary/aromatic N) is 1. The highest BCUT2D eigenvalue weighted by atomic mass is 16.5. The van der Waals surface area contributed by atoms with Crippen LogP contribution in [0.5, 0.6) is 11.5 Å². The number of hydrogen-bond donors (Lipinski definition) is 0. The Hall–Kier alpha value is -2.15. The Bertz CT molecular complexity index is 519. The molecule has 1 fully saturated rings. The molecule has 4 heteroatoms. The Morgan fingerprint density at radius 2 is 2.21 bits per heavy atom. The van der Waals surface area contributed by atoms with Gasteiger partial charge < -0.3 is 14.4 Å². The SMILES string of the molecule is C#CC1CC(=O)N(Cc2ccc(OC)cc2OC)C1. The van der Waals surface area contributed by atoms with E-state index in [4.69, 9.17) is 15.9 Å². The smallest absolute Gasteiger partial charge is 0.224 e. The highest BCUT2D eigenvalue weighted by Crippen LogP contribution is 2.27. The molecule has 0 bridgehead atoms. The number of ether oxygens (including phenoxy) is 2. The Morgan fingerprint density at radius 3 is 2.79 bits per heavy atom. The van der Waals surface area contributed by atoms with Crippen molar-refractivity contribution in [3.05, 3.63) is 23.8 Å². The lowest BCUT2D eigenvalue weighted by atomic mass is 10.1. The van der Waals surface area contributed by atoms with Gasteiger partial charge in [-0.25, -0.2) is 0 Å². The molecular formula is C15H17NO3. The van der Waals surface area contributed by atoms with E-state index in [0.717, 1.165) is 17.1 Å². The zero-order valence-electron chi connectivity index (χ0n) is 11.2. The summed E-state index contributed by atoms with van der Waals surface area (Å²) in [5, 5.41) is 0. The Labute approximate surface area is 113 Å². The first kappa shape index (κ1) is 13.3. The van der Waals surface area contributed by atoms with Crippen LogP contribution >= 0.6 is 0 Å². The zero-order chi connectivity index (χ0) is 13.8. The lowest BCUT2D eigenvalue weighted by Gasteiger charge is -2.18. The molecule has 1 saturated heterocycles. The molecular weight excluding hydrogens is 242 g/mol. The molecule has 19 heavy (non-hydrogen) atoms. The minimum absolute atomic E-state index is 0.0248. The normalized spacial score (nSPS) is 18.3. The largest absolute Gasteiger partial charge is 0.497 e. The number of carbonyl (C=O) groups is 1. The summed E-state index contributed by atoms with van der Waals surface area (Å²) in [7, 11) is 3.21. The average Bonchev–Trinajstić information content (AvgIpc) is 2.80. The van der Waals surface area contributed by atoms with Gasteiger partial charge in [0.1, 0.15) is 11.5 Å². The number of rotatable bonds is 4. The summed E-state index contributed by atoms with van der Waals surface area (Å²) in [5.41, 5.74) is 0.953. The minimum Gasteiger partial charge on any atom is -0.497 e. The fourth-order valence-corrected chi connectivity index (χ4v) is 2.22. The number of likely N-dealkylation sites (tertiary alicyclic amines) is 1. The van der Waals surface area contributed by atoms with Gasteiger partial charge in [0.2, 0.25) is 5.91 Å². The maximum atomic E-state index is 11.8. The molecule has 1 aromatic carbocycles. The molecule has 1 unspecified atom stereocenters. The van der Waals surface area contributed by atoms with Crippen LogP contribution in [0.2, 0.25) is 0 Å². The van der Waals surface area contributed by atoms with Crippen molar-refractivity contribution in [3.63, 3.8) is 0 Å². The number of carbonyl (C=O) groups excluding carboxylic acids is 1. The van der Waals surface area contributed by atoms with Crippen molar-refractivity contribution in [3.8, 4) is 23.8 Å². The summed E-state index contributed by atoms with van der Waals surface area (Å²) in [6.45, 7) is 1.13. The minimum atomic E-state index is 0.0248. The first-order valence-electron chi connectivity index (χ1n) is 6.12. The lowest BCUT2D eigenvalue weighted by molar-refractivity contribution is -0.128. The summed E-state index contributed by atoms with van der Waals surface area (Å²) in [6, 6.07) is 5.58. The highest BCUT2D eigenvalue weighted by Gasteiger charge is 2.28. The number of hydrogen-bond acceptors (Lipinski definition) is 3. The molecule has 1 heterocycles. The van der Waals surface area contributed by atoms with Gasteiger partial charge >= 0.3 is 0 Å². The number of methoxy groups -OCH3 is 2. The molecule has 0 aromatic heterocycles. The number of amides is 1. The second kappa shape index (κ2) is 5.66. The molecule has 0 radical (unpaired) electrons. The number of terminal acetylenes is 1. The van der Waals surface area contributed by atoms with Gasteiger partial charge in [-0.15, -0.1) is 12.3 Å². The molecule has 1 aromatic rings. The summed E-state index contributed by atoms with van der Waals surface area (Å²) in [6.07, 6.45) is 5.81. The molecule has 0 spiro atoms. The van der Waals surface area contributed by atoms with Crippen LogP contribution in [-0.2, 0) is 11.3 Å². The molecule has 2 rings (SSSR count). The molecule has 1 aliphatic rings. The van der Waals surface area contributed by atoms with E-state index in [0.29, 0.717) is 19.5 Å². The third-order valence-electron chi connectivity index (χ3n) is 3.31. The summed E-state index contributed by atoms with van der Waals surface area (Å²) >= 11 is 0. The second-order valence-electron chi connectivity index (χ2n) is 4.52. The van der Waals surface area contributed by atoms with Crippen LogP contribution in [0, 0.1) is 18.3 Å². The van der Waals surface area contributed by atoms with Crippen LogP contribution in [0.4, 0.5) is 0 Å². The topological polar surface area (TPSA) is 38.8 Å². The van der Waals surface area contributed by atoms with E-state index in [2.05, 4.69) is 5.92 Å². The van der Waals surface area contributed by atoms with Crippen molar-refractivity contribution < 1.29 is 14.3 Å². The maximum Gasteiger partial charge on any atom is 0.224 e. The molecule has 100 valence electrons. The number of benzene rings is 1. The standard InChI is InChI=1S/C15H17NO3/c1-4-11-7-15(17)16(9-11)10-12-5-6-13(18-2)8-14(12)19-3/h1,5-6,8,11H,7,9-10H2,2-3H3. The van der Waals surface area contributed by atoms with E-state index >= 15 is 0 Å². The van der Waals surface area contributed by atoms with Gasteiger partial charge in [-0.05, 0) is 12.1 Å². The first-order valence-corrected chi connectivity index (χ1v) is 6.12. The first-order chi connectivity index (χ1) is 9.17. The quantitative estimate of drug-likeness (QED) is 0.772. The van der Waals surface area contributed by atoms with E-state index in [-0.39, 0.29) is 11.8 Å². The van der Waals surface area contributed by atoms with Gasteiger partial charge in [0.05, 0.1) is 14.2 Å². The van der Waals surface area contributed by atoms with Crippen molar-refractivity contribution in [1.82, 2.24) is 4.90 Å². The van der Waals surface area contributed by atoms with Gasteiger partial charge in [0.15, 0.2) is 0 Å². The van der Waals surface area contributed by atoms with Gasteiger partial charge in [0, 0.05) is 37.1 Å². The van der Waals surface area contributed by atoms with Crippen molar-refractivity contribution in [2.45, 2.75) is 13.0 Å². The van der Waals surface area contributed by atoms with Crippen LogP contribution in [0.1, 0.15) is 12.0 Å². The third-order valence-corrected chi connectivity index (χ3v) is 3.31. The van der Waals surface area contributed by atoms with E-state index < -0.39 is 0 Å². The van der Waals surface area contributed by atoms with E-state index in [1.54, 1.807) is 19.1 Å². The van der Waals surface area contributed by atoms with E-state index in [9.17, 15) is 4.79 Å². The van der Waals surface area contributed by atoms with Crippen molar-refractivity contribution in [1.29, 1.82) is 0 Å². The summed E-state index contributed by atoms with van der Waals surface area (Å²) < 4.78 is 10.5. The molecule has 1 atom stereocenters. The van der Waals surface area contributed by atoms with Crippen LogP contribution in [0.25, 0.3) is 0 Å². The zero-order valence-corrected chi connectivity index (χ0v) is 11.2. The maximum absolute atomic E-state index is 11.8. The van der Waals surface area contributed by atoms with Crippen LogP contribution in [0.3, 0.4) is 0 Å². The second-order valence-corrected chi connectivity index (χ2v) is 4.52. The molecule has 0 aliphatic carbocycles. The monoisotopic (exact) mass is 259 g/mol. The molecule has 1 aliphatic heterocycles. The van der Waals surface area contributed by atoms with Gasteiger partial charge in [0.25, 0.3) is 0 Å². The fraction of sp³-hybridized carbons (Fsp3) is 0.400. The Morgan fingerprint density at radius 1 is 1.42 bits per heavy atom. The van der Waals surface area contributed by atoms with Gasteiger partial charge in [-0.2, -0.15) is 0 Å². The predicted octanol–water partition coefficient (Wildman–Crippen LogP) is 1.69. The van der Waals surface area contributed by atoms with Crippen LogP contribution in [0.15, 0.2) is 18.2 Å². The van der Waals surface area contributed by atoms with Crippen LogP contribution < -0.4 is 9.47 Å². The van der Waals surface area contributed by atoms with E-state index in [1.807, 2.05) is 18.2 Å². The summed E-state index contributed by atoms with van der Waals surface area (Å²) in [4.78, 5) is 13.6. The lowest BCUT2D eigenvalue weighted by Crippen LogP contribution is -2.24. The summed E-state index contributed by atoms with van der Waals surface area (Å²) in [5.74, 6) is 4.22. The average molecular weight is 259 g/mol. The van der Waals surface area contributed by atoms with Crippen molar-refractivity contribution in [2.75, 3.05) is 20.8 Å². The predicted molar refractivity (Wildman–Crippen MR) is 71.9 cm³/mol. The highest BCUT2D eigenvalue weighted by molar-refractivity contribution is 5.79. The van der Waals surface area contributed by atoms with Crippen LogP contribution in [-0.4, -0.2) is 31.6 Å². The molecule has 1 amide bonds. The Balaban J connectivity index is 2.15. The van der Waals surface area contributed by atoms with Gasteiger partial charge in [-0.3, -0.25) is 4.79 Å². The third kappa shape index (κ3) is 2.82. The van der Waals surface area contributed by atoms with Crippen molar-refractivity contribution in [2.24, 2.45) is 5.92 Å².